The number of nitrogens with one attached hydrogen (secondary N) is 1. The zero-order valence-corrected chi connectivity index (χ0v) is 11.2. The molecule has 1 N–H and O–H groups in total. The van der Waals surface area contributed by atoms with Gasteiger partial charge in [0.1, 0.15) is 5.75 Å². The summed E-state index contributed by atoms with van der Waals surface area (Å²) >= 11 is 0. The molecule has 94 valence electrons. The van der Waals surface area contributed by atoms with E-state index >= 15 is 0 Å². The lowest BCUT2D eigenvalue weighted by Crippen LogP contribution is -2.24. The highest BCUT2D eigenvalue weighted by atomic mass is 32.2. The lowest BCUT2D eigenvalue weighted by atomic mass is 10.1. The number of fused-ring (bicyclic) bond motifs is 1. The second-order valence-electron chi connectivity index (χ2n) is 4.39. The van der Waals surface area contributed by atoms with E-state index in [1.165, 1.54) is 11.1 Å². The zero-order valence-electron chi connectivity index (χ0n) is 10.4. The summed E-state index contributed by atoms with van der Waals surface area (Å²) in [7, 11) is 0.977. The Labute approximate surface area is 105 Å². The number of aryl methyl sites for hydroxylation is 1. The molecule has 0 amide bonds. The van der Waals surface area contributed by atoms with Crippen LogP contribution in [0.3, 0.4) is 0 Å². The maximum atomic E-state index is 11.0. The predicted octanol–water partition coefficient (Wildman–Crippen LogP) is 1.65. The molecule has 1 aromatic carbocycles. The summed E-state index contributed by atoms with van der Waals surface area (Å²) in [6.07, 6.45) is 3.98. The lowest BCUT2D eigenvalue weighted by molar-refractivity contribution is 0.413. The van der Waals surface area contributed by atoms with Crippen molar-refractivity contribution in [1.29, 1.82) is 0 Å². The number of hydrogen-bond acceptors (Lipinski definition) is 3. The van der Waals surface area contributed by atoms with Crippen LogP contribution < -0.4 is 10.1 Å². The first kappa shape index (κ1) is 12.6. The Morgan fingerprint density at radius 3 is 3.06 bits per heavy atom. The van der Waals surface area contributed by atoms with Crippen LogP contribution in [0.15, 0.2) is 18.2 Å². The van der Waals surface area contributed by atoms with Crippen molar-refractivity contribution in [2.24, 2.45) is 0 Å². The van der Waals surface area contributed by atoms with Crippen molar-refractivity contribution in [2.75, 3.05) is 25.7 Å². The molecule has 1 aromatic rings. The molecule has 0 bridgehead atoms. The summed E-state index contributed by atoms with van der Waals surface area (Å²) in [5.74, 6) is 1.63. The van der Waals surface area contributed by atoms with Crippen molar-refractivity contribution in [1.82, 2.24) is 5.32 Å². The molecule has 2 atom stereocenters. The van der Waals surface area contributed by atoms with Crippen LogP contribution in [0.25, 0.3) is 0 Å². The van der Waals surface area contributed by atoms with E-state index in [1.54, 1.807) is 13.4 Å². The van der Waals surface area contributed by atoms with Gasteiger partial charge in [0.05, 0.1) is 7.11 Å². The average Bonchev–Trinajstić information content (AvgIpc) is 2.71. The average molecular weight is 253 g/mol. The Hall–Kier alpha value is -0.870. The Bertz CT molecular complexity index is 420. The smallest absolute Gasteiger partial charge is 0.119 e. The highest BCUT2D eigenvalue weighted by Gasteiger charge is 2.22. The fraction of sp³-hybridized carbons (Fsp3) is 0.538. The van der Waals surface area contributed by atoms with Gasteiger partial charge in [0.2, 0.25) is 0 Å². The van der Waals surface area contributed by atoms with Crippen molar-refractivity contribution in [3.8, 4) is 5.75 Å². The fourth-order valence-electron chi connectivity index (χ4n) is 2.30. The minimum atomic E-state index is -0.717. The summed E-state index contributed by atoms with van der Waals surface area (Å²) in [5.41, 5.74) is 2.74. The molecular formula is C13H19NO2S. The third kappa shape index (κ3) is 3.07. The van der Waals surface area contributed by atoms with E-state index in [0.717, 1.165) is 30.9 Å². The lowest BCUT2D eigenvalue weighted by Gasteiger charge is -2.14. The summed E-state index contributed by atoms with van der Waals surface area (Å²) < 4.78 is 16.3. The molecule has 4 heteroatoms. The van der Waals surface area contributed by atoms with Gasteiger partial charge in [-0.2, -0.15) is 0 Å². The van der Waals surface area contributed by atoms with E-state index in [4.69, 9.17) is 4.74 Å². The van der Waals surface area contributed by atoms with Crippen molar-refractivity contribution in [2.45, 2.75) is 18.9 Å². The van der Waals surface area contributed by atoms with Crippen molar-refractivity contribution in [3.63, 3.8) is 0 Å². The van der Waals surface area contributed by atoms with Crippen LogP contribution in [-0.4, -0.2) is 29.9 Å². The molecule has 0 spiro atoms. The molecule has 0 aromatic heterocycles. The largest absolute Gasteiger partial charge is 0.497 e. The van der Waals surface area contributed by atoms with Crippen LogP contribution in [-0.2, 0) is 17.2 Å². The number of rotatable bonds is 5. The fourth-order valence-corrected chi connectivity index (χ4v) is 2.70. The summed E-state index contributed by atoms with van der Waals surface area (Å²) in [4.78, 5) is 0. The van der Waals surface area contributed by atoms with E-state index in [0.29, 0.717) is 6.04 Å². The first-order valence-electron chi connectivity index (χ1n) is 5.91. The zero-order chi connectivity index (χ0) is 12.3. The van der Waals surface area contributed by atoms with Gasteiger partial charge in [-0.05, 0) is 36.1 Å². The summed E-state index contributed by atoms with van der Waals surface area (Å²) in [5, 5.41) is 3.47. The van der Waals surface area contributed by atoms with Gasteiger partial charge < -0.3 is 10.1 Å². The molecule has 17 heavy (non-hydrogen) atoms. The van der Waals surface area contributed by atoms with Gasteiger partial charge in [0.15, 0.2) is 0 Å². The van der Waals surface area contributed by atoms with E-state index in [2.05, 4.69) is 17.4 Å². The van der Waals surface area contributed by atoms with Crippen LogP contribution in [0.5, 0.6) is 5.75 Å². The molecule has 2 rings (SSSR count). The van der Waals surface area contributed by atoms with Crippen LogP contribution in [0.4, 0.5) is 0 Å². The molecule has 0 radical (unpaired) electrons. The van der Waals surface area contributed by atoms with Crippen LogP contribution in [0.2, 0.25) is 0 Å². The molecule has 3 nitrogen and oxygen atoms in total. The van der Waals surface area contributed by atoms with E-state index in [1.807, 2.05) is 6.07 Å². The molecule has 0 saturated carbocycles. The molecular weight excluding hydrogens is 234 g/mol. The van der Waals surface area contributed by atoms with Gasteiger partial charge in [0, 0.05) is 35.4 Å². The van der Waals surface area contributed by atoms with Crippen molar-refractivity contribution < 1.29 is 8.95 Å². The molecule has 0 saturated heterocycles. The van der Waals surface area contributed by atoms with Gasteiger partial charge in [-0.25, -0.2) is 0 Å². The molecule has 0 aliphatic heterocycles. The topological polar surface area (TPSA) is 38.3 Å². The minimum absolute atomic E-state index is 0.392. The van der Waals surface area contributed by atoms with Gasteiger partial charge in [0.25, 0.3) is 0 Å². The first-order valence-corrected chi connectivity index (χ1v) is 7.63. The van der Waals surface area contributed by atoms with E-state index in [9.17, 15) is 4.21 Å². The maximum absolute atomic E-state index is 11.0. The molecule has 0 fully saturated rings. The first-order chi connectivity index (χ1) is 8.20. The second-order valence-corrected chi connectivity index (χ2v) is 5.94. The highest BCUT2D eigenvalue weighted by molar-refractivity contribution is 7.84. The SMILES string of the molecule is COc1ccc2c(c1)C(NCCS(C)=O)CC2. The van der Waals surface area contributed by atoms with Crippen LogP contribution in [0, 0.1) is 0 Å². The van der Waals surface area contributed by atoms with Gasteiger partial charge >= 0.3 is 0 Å². The quantitative estimate of drug-likeness (QED) is 0.867. The number of ether oxygens (including phenoxy) is 1. The second kappa shape index (κ2) is 5.65. The number of benzene rings is 1. The highest BCUT2D eigenvalue weighted by Crippen LogP contribution is 2.33. The Balaban J connectivity index is 2.02. The Morgan fingerprint density at radius 2 is 2.35 bits per heavy atom. The Kier molecular flexibility index (Phi) is 4.18. The molecule has 1 aliphatic rings. The molecule has 2 unspecified atom stereocenters. The minimum Gasteiger partial charge on any atom is -0.497 e. The van der Waals surface area contributed by atoms with E-state index in [-0.39, 0.29) is 0 Å². The van der Waals surface area contributed by atoms with Crippen LogP contribution >= 0.6 is 0 Å². The third-order valence-electron chi connectivity index (χ3n) is 3.21. The van der Waals surface area contributed by atoms with Crippen LogP contribution in [0.1, 0.15) is 23.6 Å². The monoisotopic (exact) mass is 253 g/mol. The van der Waals surface area contributed by atoms with Crippen molar-refractivity contribution >= 4 is 10.8 Å². The maximum Gasteiger partial charge on any atom is 0.119 e. The number of methoxy groups -OCH3 is 1. The van der Waals surface area contributed by atoms with Gasteiger partial charge in [-0.1, -0.05) is 6.07 Å². The van der Waals surface area contributed by atoms with E-state index < -0.39 is 10.8 Å². The normalized spacial score (nSPS) is 20.0. The summed E-state index contributed by atoms with van der Waals surface area (Å²) in [6, 6.07) is 6.67. The van der Waals surface area contributed by atoms with Crippen molar-refractivity contribution in [3.05, 3.63) is 29.3 Å². The number of hydrogen-bond donors (Lipinski definition) is 1. The predicted molar refractivity (Wildman–Crippen MR) is 71.0 cm³/mol. The molecule has 0 heterocycles. The van der Waals surface area contributed by atoms with Gasteiger partial charge in [-0.3, -0.25) is 4.21 Å². The Morgan fingerprint density at radius 1 is 1.53 bits per heavy atom. The summed E-state index contributed by atoms with van der Waals surface area (Å²) in [6.45, 7) is 0.810. The third-order valence-corrected chi connectivity index (χ3v) is 3.99. The molecule has 1 aliphatic carbocycles. The standard InChI is InChI=1S/C13H19NO2S/c1-16-11-5-3-10-4-6-13(12(10)9-11)14-7-8-17(2)15/h3,5,9,13-14H,4,6-8H2,1-2H3. The van der Waals surface area contributed by atoms with Gasteiger partial charge in [-0.15, -0.1) is 0 Å².